The third-order valence-electron chi connectivity index (χ3n) is 3.53. The summed E-state index contributed by atoms with van der Waals surface area (Å²) in [7, 11) is 0. The molecule has 0 amide bonds. The third kappa shape index (κ3) is 3.77. The van der Waals surface area contributed by atoms with E-state index in [0.717, 1.165) is 24.3 Å². The quantitative estimate of drug-likeness (QED) is 0.565. The van der Waals surface area contributed by atoms with Crippen LogP contribution in [-0.2, 0) is 16.4 Å². The number of hydrogen-bond acceptors (Lipinski definition) is 3. The zero-order chi connectivity index (χ0) is 20.7. The summed E-state index contributed by atoms with van der Waals surface area (Å²) in [6.45, 7) is 0. The van der Waals surface area contributed by atoms with Gasteiger partial charge in [-0.15, -0.1) is 0 Å². The van der Waals surface area contributed by atoms with E-state index in [-0.39, 0.29) is 0 Å². The lowest BCUT2D eigenvalue weighted by molar-refractivity contribution is -0.447. The number of halogens is 8. The number of alkyl halides is 8. The molecule has 0 aromatic heterocycles. The Labute approximate surface area is 147 Å². The monoisotopic (exact) mass is 400 g/mol. The topological polar surface area (TPSA) is 61.3 Å². The molecule has 27 heavy (non-hydrogen) atoms. The lowest BCUT2D eigenvalue weighted by Crippen LogP contribution is -2.51. The highest BCUT2D eigenvalue weighted by Crippen LogP contribution is 2.53. The van der Waals surface area contributed by atoms with Crippen LogP contribution in [0.2, 0.25) is 0 Å². The molecule has 0 spiro atoms. The Bertz CT molecular complexity index is 755. The summed E-state index contributed by atoms with van der Waals surface area (Å²) in [6, 6.07) is 5.55. The molecule has 11 heteroatoms. The van der Waals surface area contributed by atoms with Crippen molar-refractivity contribution in [2.45, 2.75) is 24.1 Å². The first kappa shape index (κ1) is 20.7. The molecule has 0 aliphatic carbocycles. The lowest BCUT2D eigenvalue weighted by atomic mass is 10.0. The first-order valence-electron chi connectivity index (χ1n) is 7.14. The Morgan fingerprint density at radius 3 is 1.19 bits per heavy atom. The molecule has 3 nitrogen and oxygen atoms in total. The summed E-state index contributed by atoms with van der Waals surface area (Å²) in [5.74, 6) is -10.3. The summed E-state index contributed by atoms with van der Waals surface area (Å²) < 4.78 is 113. The fraction of sp³-hybridized carbons (Fsp3) is 0.250. The SMILES string of the molecule is Nc1cccc(C(F)(OC(F)(c2cccc(N)c2)C(F)(F)F)C(F)(F)F)c1. The van der Waals surface area contributed by atoms with E-state index in [4.69, 9.17) is 11.5 Å². The van der Waals surface area contributed by atoms with Crippen LogP contribution in [0.25, 0.3) is 0 Å². The molecule has 148 valence electrons. The van der Waals surface area contributed by atoms with Gasteiger partial charge in [-0.05, 0) is 24.3 Å². The summed E-state index contributed by atoms with van der Waals surface area (Å²) >= 11 is 0. The van der Waals surface area contributed by atoms with Crippen molar-refractivity contribution in [2.24, 2.45) is 0 Å². The number of nitrogens with two attached hydrogens (primary N) is 2. The first-order valence-corrected chi connectivity index (χ1v) is 7.14. The van der Waals surface area contributed by atoms with Crippen molar-refractivity contribution in [3.05, 3.63) is 59.7 Å². The van der Waals surface area contributed by atoms with Crippen molar-refractivity contribution >= 4 is 11.4 Å². The molecule has 2 aromatic carbocycles. The average molecular weight is 400 g/mol. The summed E-state index contributed by atoms with van der Waals surface area (Å²) in [5.41, 5.74) is 6.81. The number of ether oxygens (including phenoxy) is 1. The number of anilines is 2. The summed E-state index contributed by atoms with van der Waals surface area (Å²) in [5, 5.41) is 0. The standard InChI is InChI=1S/C16H12F8N2O/c17-13(15(19,20)21,9-3-1-5-11(25)7-9)27-14(18,16(22,23)24)10-4-2-6-12(26)8-10/h1-8H,25-26H2. The van der Waals surface area contributed by atoms with Gasteiger partial charge in [0.05, 0.1) is 0 Å². The van der Waals surface area contributed by atoms with Crippen LogP contribution in [0.1, 0.15) is 11.1 Å². The van der Waals surface area contributed by atoms with Gasteiger partial charge in [-0.1, -0.05) is 24.3 Å². The fourth-order valence-corrected chi connectivity index (χ4v) is 2.23. The van der Waals surface area contributed by atoms with Crippen LogP contribution in [0.3, 0.4) is 0 Å². The summed E-state index contributed by atoms with van der Waals surface area (Å²) in [6.07, 6.45) is -12.1. The average Bonchev–Trinajstić information content (AvgIpc) is 2.52. The number of rotatable bonds is 4. The second-order valence-corrected chi connectivity index (χ2v) is 5.54. The van der Waals surface area contributed by atoms with Crippen molar-refractivity contribution in [1.82, 2.24) is 0 Å². The summed E-state index contributed by atoms with van der Waals surface area (Å²) in [4.78, 5) is 0. The Morgan fingerprint density at radius 2 is 0.926 bits per heavy atom. The molecule has 2 unspecified atom stereocenters. The minimum Gasteiger partial charge on any atom is -0.399 e. The van der Waals surface area contributed by atoms with Gasteiger partial charge < -0.3 is 11.5 Å². The number of nitrogen functional groups attached to an aromatic ring is 2. The zero-order valence-corrected chi connectivity index (χ0v) is 13.2. The minimum atomic E-state index is -6.07. The van der Waals surface area contributed by atoms with Gasteiger partial charge in [0.15, 0.2) is 0 Å². The Morgan fingerprint density at radius 1 is 0.593 bits per heavy atom. The van der Waals surface area contributed by atoms with Crippen LogP contribution in [0.4, 0.5) is 46.5 Å². The van der Waals surface area contributed by atoms with Crippen molar-refractivity contribution in [3.63, 3.8) is 0 Å². The molecular weight excluding hydrogens is 388 g/mol. The van der Waals surface area contributed by atoms with Crippen LogP contribution in [-0.4, -0.2) is 12.4 Å². The van der Waals surface area contributed by atoms with E-state index in [2.05, 4.69) is 4.74 Å². The van der Waals surface area contributed by atoms with Crippen LogP contribution in [0, 0.1) is 0 Å². The molecule has 4 N–H and O–H groups in total. The first-order chi connectivity index (χ1) is 12.2. The molecule has 2 atom stereocenters. The third-order valence-corrected chi connectivity index (χ3v) is 3.53. The lowest BCUT2D eigenvalue weighted by Gasteiger charge is -2.37. The maximum Gasteiger partial charge on any atom is 0.453 e. The molecular formula is C16H12F8N2O. The van der Waals surface area contributed by atoms with E-state index in [1.165, 1.54) is 0 Å². The van der Waals surface area contributed by atoms with Crippen molar-refractivity contribution in [1.29, 1.82) is 0 Å². The van der Waals surface area contributed by atoms with Crippen molar-refractivity contribution in [2.75, 3.05) is 11.5 Å². The van der Waals surface area contributed by atoms with Crippen LogP contribution in [0.5, 0.6) is 0 Å². The Kier molecular flexibility index (Phi) is 5.04. The molecule has 0 heterocycles. The maximum absolute atomic E-state index is 14.8. The Balaban J connectivity index is 2.69. The predicted molar refractivity (Wildman–Crippen MR) is 80.5 cm³/mol. The van der Waals surface area contributed by atoms with E-state index < -0.39 is 46.6 Å². The molecule has 0 bridgehead atoms. The van der Waals surface area contributed by atoms with Crippen molar-refractivity contribution < 1.29 is 39.9 Å². The van der Waals surface area contributed by atoms with E-state index in [0.29, 0.717) is 24.3 Å². The predicted octanol–water partition coefficient (Wildman–Crippen LogP) is 4.94. The zero-order valence-electron chi connectivity index (χ0n) is 13.2. The molecule has 2 aromatic rings. The largest absolute Gasteiger partial charge is 0.453 e. The molecule has 0 aliphatic heterocycles. The van der Waals surface area contributed by atoms with E-state index >= 15 is 0 Å². The van der Waals surface area contributed by atoms with Crippen LogP contribution < -0.4 is 11.5 Å². The molecule has 0 saturated carbocycles. The number of hydrogen-bond donors (Lipinski definition) is 2. The van der Waals surface area contributed by atoms with E-state index in [1.54, 1.807) is 0 Å². The van der Waals surface area contributed by atoms with Crippen LogP contribution in [0.15, 0.2) is 48.5 Å². The molecule has 0 radical (unpaired) electrons. The van der Waals surface area contributed by atoms with Gasteiger partial charge in [0.25, 0.3) is 0 Å². The van der Waals surface area contributed by atoms with Gasteiger partial charge in [-0.2, -0.15) is 35.1 Å². The molecule has 2 rings (SSSR count). The highest BCUT2D eigenvalue weighted by atomic mass is 19.4. The Hall–Kier alpha value is -2.56. The van der Waals surface area contributed by atoms with Gasteiger partial charge in [0.2, 0.25) is 0 Å². The second kappa shape index (κ2) is 6.55. The minimum absolute atomic E-state index is 0.392. The maximum atomic E-state index is 14.8. The highest BCUT2D eigenvalue weighted by molar-refractivity contribution is 5.44. The highest BCUT2D eigenvalue weighted by Gasteiger charge is 2.69. The molecule has 0 aliphatic rings. The van der Waals surface area contributed by atoms with E-state index in [9.17, 15) is 35.1 Å². The van der Waals surface area contributed by atoms with E-state index in [1.807, 2.05) is 0 Å². The van der Waals surface area contributed by atoms with Crippen LogP contribution >= 0.6 is 0 Å². The van der Waals surface area contributed by atoms with Gasteiger partial charge in [0, 0.05) is 22.5 Å². The molecule has 0 fully saturated rings. The van der Waals surface area contributed by atoms with Crippen molar-refractivity contribution in [3.8, 4) is 0 Å². The number of benzene rings is 2. The smallest absolute Gasteiger partial charge is 0.399 e. The van der Waals surface area contributed by atoms with Gasteiger partial charge >= 0.3 is 24.1 Å². The van der Waals surface area contributed by atoms with Gasteiger partial charge in [0.1, 0.15) is 0 Å². The fourth-order valence-electron chi connectivity index (χ4n) is 2.23. The van der Waals surface area contributed by atoms with Gasteiger partial charge in [-0.25, -0.2) is 0 Å². The van der Waals surface area contributed by atoms with Gasteiger partial charge in [-0.3, -0.25) is 4.74 Å². The normalized spacial score (nSPS) is 17.2. The molecule has 0 saturated heterocycles. The second-order valence-electron chi connectivity index (χ2n) is 5.54.